The van der Waals surface area contributed by atoms with E-state index in [4.69, 9.17) is 20.9 Å². The zero-order valence-electron chi connectivity index (χ0n) is 14.6. The van der Waals surface area contributed by atoms with Crippen molar-refractivity contribution in [3.8, 4) is 11.5 Å². The van der Waals surface area contributed by atoms with Crippen LogP contribution in [0.25, 0.3) is 11.1 Å². The maximum Gasteiger partial charge on any atom is 0.344 e. The van der Waals surface area contributed by atoms with Gasteiger partial charge in [0.15, 0.2) is 0 Å². The Bertz CT molecular complexity index is 1190. The van der Waals surface area contributed by atoms with Gasteiger partial charge in [-0.15, -0.1) is 0 Å². The molecule has 2 aliphatic heterocycles. The first-order chi connectivity index (χ1) is 13.5. The van der Waals surface area contributed by atoms with Crippen molar-refractivity contribution in [2.45, 2.75) is 0 Å². The Balaban J connectivity index is 1.76. The van der Waals surface area contributed by atoms with Crippen LogP contribution in [0.3, 0.4) is 0 Å². The molecule has 28 heavy (non-hydrogen) atoms. The highest BCUT2D eigenvalue weighted by Gasteiger charge is 2.30. The molecule has 2 aliphatic rings. The number of carbonyl (C=O) groups is 2. The monoisotopic (exact) mass is 370 g/mol. The molecule has 0 fully saturated rings. The Morgan fingerprint density at radius 2 is 0.929 bits per heavy atom. The Labute approximate surface area is 159 Å². The number of fused-ring (bicyclic) bond motifs is 2. The van der Waals surface area contributed by atoms with Gasteiger partial charge in [0.25, 0.3) is 0 Å². The Hall–Kier alpha value is -4.06. The highest BCUT2D eigenvalue weighted by Crippen LogP contribution is 2.27. The summed E-state index contributed by atoms with van der Waals surface area (Å²) >= 11 is 0. The molecule has 0 bridgehead atoms. The maximum absolute atomic E-state index is 12.5. The average molecular weight is 370 g/mol. The zero-order chi connectivity index (χ0) is 19.4. The second-order valence-corrected chi connectivity index (χ2v) is 6.62. The molecule has 0 amide bonds. The molecule has 0 radical (unpaired) electrons. The second-order valence-electron chi connectivity index (χ2n) is 6.62. The minimum absolute atomic E-state index is 0.391. The standard InChI is InChI=1S/C22H14N2O4/c23-13-5-1-11(2-6-13)19-15-9-18-16(10-17(15)27-21(19)25)20(22(26)28-18)12-3-7-14(24)8-4-12/h1-10H,23-24H2. The highest BCUT2D eigenvalue weighted by molar-refractivity contribution is 6.21. The van der Waals surface area contributed by atoms with E-state index in [1.807, 2.05) is 0 Å². The molecule has 0 atom stereocenters. The normalized spacial score (nSPS) is 14.6. The van der Waals surface area contributed by atoms with Gasteiger partial charge in [0, 0.05) is 21.8 Å². The van der Waals surface area contributed by atoms with Gasteiger partial charge in [-0.3, -0.25) is 0 Å². The molecule has 5 rings (SSSR count). The third kappa shape index (κ3) is 2.35. The summed E-state index contributed by atoms with van der Waals surface area (Å²) in [4.78, 5) is 25.0. The lowest BCUT2D eigenvalue weighted by Crippen LogP contribution is -2.11. The number of nitrogens with two attached hydrogens (primary N) is 2. The van der Waals surface area contributed by atoms with Gasteiger partial charge in [-0.05, 0) is 47.5 Å². The van der Waals surface area contributed by atoms with Gasteiger partial charge in [-0.1, -0.05) is 24.3 Å². The maximum atomic E-state index is 12.5. The number of carbonyl (C=O) groups excluding carboxylic acids is 2. The fraction of sp³-hybridized carbons (Fsp3) is 0. The van der Waals surface area contributed by atoms with Gasteiger partial charge in [0.2, 0.25) is 0 Å². The second kappa shape index (κ2) is 5.72. The molecule has 4 N–H and O–H groups in total. The molecule has 6 nitrogen and oxygen atoms in total. The summed E-state index contributed by atoms with van der Waals surface area (Å²) in [5, 5.41) is 1.17. The number of rotatable bonds is 2. The Morgan fingerprint density at radius 3 is 1.29 bits per heavy atom. The van der Waals surface area contributed by atoms with Crippen molar-refractivity contribution in [1.82, 2.24) is 0 Å². The summed E-state index contributed by atoms with van der Waals surface area (Å²) in [6.07, 6.45) is 0. The topological polar surface area (TPSA) is 105 Å². The van der Waals surface area contributed by atoms with Gasteiger partial charge >= 0.3 is 11.9 Å². The van der Waals surface area contributed by atoms with Crippen molar-refractivity contribution in [3.63, 3.8) is 0 Å². The van der Waals surface area contributed by atoms with E-state index in [-0.39, 0.29) is 0 Å². The van der Waals surface area contributed by atoms with Gasteiger partial charge in [0.1, 0.15) is 11.5 Å². The van der Waals surface area contributed by atoms with E-state index in [0.717, 1.165) is 0 Å². The smallest absolute Gasteiger partial charge is 0.344 e. The van der Waals surface area contributed by atoms with E-state index in [2.05, 4.69) is 0 Å². The van der Waals surface area contributed by atoms with Crippen LogP contribution in [0.5, 0.6) is 11.5 Å². The van der Waals surface area contributed by atoms with Gasteiger partial charge < -0.3 is 20.9 Å². The van der Waals surface area contributed by atoms with Crippen molar-refractivity contribution in [3.05, 3.63) is 82.2 Å². The number of hydrogen-bond donors (Lipinski definition) is 2. The number of nitrogen functional groups attached to an aromatic ring is 2. The van der Waals surface area contributed by atoms with E-state index in [1.54, 1.807) is 60.7 Å². The van der Waals surface area contributed by atoms with Crippen molar-refractivity contribution >= 4 is 34.5 Å². The first kappa shape index (κ1) is 16.1. The van der Waals surface area contributed by atoms with Crippen LogP contribution in [0, 0.1) is 0 Å². The Morgan fingerprint density at radius 1 is 0.571 bits per heavy atom. The van der Waals surface area contributed by atoms with Gasteiger partial charge in [-0.25, -0.2) is 9.59 Å². The molecule has 3 aromatic rings. The molecule has 0 spiro atoms. The number of benzene rings is 3. The first-order valence-corrected chi connectivity index (χ1v) is 8.60. The van der Waals surface area contributed by atoms with Crippen molar-refractivity contribution in [1.29, 1.82) is 0 Å². The van der Waals surface area contributed by atoms with E-state index in [0.29, 0.717) is 55.6 Å². The largest absolute Gasteiger partial charge is 0.422 e. The molecule has 136 valence electrons. The molecule has 0 saturated carbocycles. The van der Waals surface area contributed by atoms with Crippen molar-refractivity contribution < 1.29 is 19.1 Å². The molecule has 0 saturated heterocycles. The van der Waals surface area contributed by atoms with Crippen LogP contribution in [0.2, 0.25) is 0 Å². The molecule has 0 aliphatic carbocycles. The summed E-state index contributed by atoms with van der Waals surface area (Å²) < 4.78 is 10.9. The third-order valence-corrected chi connectivity index (χ3v) is 4.83. The predicted molar refractivity (Wildman–Crippen MR) is 104 cm³/mol. The lowest BCUT2D eigenvalue weighted by atomic mass is 10.0. The lowest BCUT2D eigenvalue weighted by Gasteiger charge is -2.01. The quantitative estimate of drug-likeness (QED) is 0.397. The molecule has 0 unspecified atom stereocenters. The van der Waals surface area contributed by atoms with Crippen LogP contribution in [-0.2, 0) is 9.59 Å². The molecule has 6 heteroatoms. The molecular weight excluding hydrogens is 356 g/mol. The predicted octanol–water partition coefficient (Wildman–Crippen LogP) is 1.09. The van der Waals surface area contributed by atoms with Crippen LogP contribution in [0.4, 0.5) is 11.4 Å². The summed E-state index contributed by atoms with van der Waals surface area (Å²) in [5.74, 6) is -0.128. The fourth-order valence-electron chi connectivity index (χ4n) is 3.49. The number of anilines is 2. The summed E-state index contributed by atoms with van der Waals surface area (Å²) in [5.41, 5.74) is 14.9. The third-order valence-electron chi connectivity index (χ3n) is 4.83. The highest BCUT2D eigenvalue weighted by atomic mass is 16.5. The minimum atomic E-state index is -0.455. The molecule has 2 heterocycles. The Kier molecular flexibility index (Phi) is 3.30. The molecule has 0 aromatic heterocycles. The number of hydrogen-bond acceptors (Lipinski definition) is 6. The number of esters is 2. The molecule has 3 aromatic carbocycles. The summed E-state index contributed by atoms with van der Waals surface area (Å²) in [6.45, 7) is 0. The van der Waals surface area contributed by atoms with E-state index in [1.165, 1.54) is 0 Å². The van der Waals surface area contributed by atoms with E-state index < -0.39 is 11.9 Å². The van der Waals surface area contributed by atoms with Crippen molar-refractivity contribution in [2.24, 2.45) is 0 Å². The first-order valence-electron chi connectivity index (χ1n) is 8.60. The average Bonchev–Trinajstić information content (AvgIpc) is 3.16. The minimum Gasteiger partial charge on any atom is -0.422 e. The van der Waals surface area contributed by atoms with Crippen LogP contribution >= 0.6 is 0 Å². The van der Waals surface area contributed by atoms with Crippen molar-refractivity contribution in [2.75, 3.05) is 11.5 Å². The lowest BCUT2D eigenvalue weighted by molar-refractivity contribution is -0.128. The van der Waals surface area contributed by atoms with Crippen LogP contribution in [0.15, 0.2) is 60.7 Å². The van der Waals surface area contributed by atoms with Crippen LogP contribution in [-0.4, -0.2) is 11.9 Å². The molecular formula is C22H14N2O4. The number of ether oxygens (including phenoxy) is 2. The summed E-state index contributed by atoms with van der Waals surface area (Å²) in [6, 6.07) is 17.2. The van der Waals surface area contributed by atoms with Gasteiger partial charge in [0.05, 0.1) is 11.1 Å². The SMILES string of the molecule is Nc1ccc(C2=c3cc4c(cc3OC2=O)=C(c2ccc(N)cc2)C(=O)O4)cc1. The fourth-order valence-corrected chi connectivity index (χ4v) is 3.49. The summed E-state index contributed by atoms with van der Waals surface area (Å²) in [7, 11) is 0. The van der Waals surface area contributed by atoms with Crippen LogP contribution < -0.4 is 31.4 Å². The zero-order valence-corrected chi connectivity index (χ0v) is 14.6. The van der Waals surface area contributed by atoms with E-state index in [9.17, 15) is 9.59 Å². The van der Waals surface area contributed by atoms with E-state index >= 15 is 0 Å². The van der Waals surface area contributed by atoms with Crippen LogP contribution in [0.1, 0.15) is 11.1 Å². The van der Waals surface area contributed by atoms with Gasteiger partial charge in [-0.2, -0.15) is 0 Å².